The minimum absolute atomic E-state index is 0.00325. The minimum Gasteiger partial charge on any atom is -0.480 e. The van der Waals surface area contributed by atoms with E-state index in [4.69, 9.17) is 0 Å². The average Bonchev–Trinajstić information content (AvgIpc) is 2.82. The highest BCUT2D eigenvalue weighted by Crippen LogP contribution is 2.65. The molecule has 2 rings (SSSR count). The number of carboxylic acid groups (broad SMARTS) is 1. The van der Waals surface area contributed by atoms with Crippen molar-refractivity contribution >= 4 is 17.8 Å². The molecule has 0 bridgehead atoms. The largest absolute Gasteiger partial charge is 0.480 e. The van der Waals surface area contributed by atoms with E-state index in [0.717, 1.165) is 4.90 Å². The highest BCUT2D eigenvalue weighted by Gasteiger charge is 2.70. The Bertz CT molecular complexity index is 609. The second-order valence-electron chi connectivity index (χ2n) is 8.50. The van der Waals surface area contributed by atoms with E-state index in [9.17, 15) is 32.7 Å². The molecule has 6 nitrogen and oxygen atoms in total. The molecule has 9 heteroatoms. The summed E-state index contributed by atoms with van der Waals surface area (Å²) >= 11 is 0. The number of piperidine rings is 1. The number of nitrogens with zero attached hydrogens (tertiary/aromatic N) is 1. The zero-order valence-corrected chi connectivity index (χ0v) is 14.8. The molecule has 2 N–H and O–H groups in total. The molecule has 1 unspecified atom stereocenters. The number of nitrogens with one attached hydrogen (secondary N) is 1. The lowest BCUT2D eigenvalue weighted by molar-refractivity contribution is -0.176. The Labute approximate surface area is 143 Å². The fraction of sp³-hybridized carbons (Fsp3) is 0.812. The van der Waals surface area contributed by atoms with Gasteiger partial charge in [-0.1, -0.05) is 34.6 Å². The third-order valence-electron chi connectivity index (χ3n) is 5.39. The molecule has 142 valence electrons. The van der Waals surface area contributed by atoms with E-state index >= 15 is 0 Å². The zero-order chi connectivity index (χ0) is 19.5. The summed E-state index contributed by atoms with van der Waals surface area (Å²) in [5.41, 5.74) is -1.23. The van der Waals surface area contributed by atoms with Crippen molar-refractivity contribution in [1.29, 1.82) is 0 Å². The lowest BCUT2D eigenvalue weighted by Gasteiger charge is -2.36. The standard InChI is InChI=1S/C16H23F3N2O4/c1-14(2,3)10(20-13(25)16(17,18)19)11(22)21-6-7-8(15(7,4)5)9(21)12(23)24/h7-10H,6H2,1-5H3,(H,20,25)(H,23,24)/t7-,8-,9-,10?/m0/s1. The van der Waals surface area contributed by atoms with Crippen LogP contribution in [0.1, 0.15) is 34.6 Å². The topological polar surface area (TPSA) is 86.7 Å². The molecule has 2 fully saturated rings. The summed E-state index contributed by atoms with van der Waals surface area (Å²) in [7, 11) is 0. The van der Waals surface area contributed by atoms with Crippen LogP contribution in [0, 0.1) is 22.7 Å². The van der Waals surface area contributed by atoms with Crippen LogP contribution in [0.25, 0.3) is 0 Å². The minimum atomic E-state index is -5.12. The molecule has 0 aromatic carbocycles. The van der Waals surface area contributed by atoms with Gasteiger partial charge in [-0.3, -0.25) is 9.59 Å². The summed E-state index contributed by atoms with van der Waals surface area (Å²) < 4.78 is 37.7. The van der Waals surface area contributed by atoms with Gasteiger partial charge < -0.3 is 15.3 Å². The van der Waals surface area contributed by atoms with Gasteiger partial charge in [0, 0.05) is 12.5 Å². The first-order chi connectivity index (χ1) is 11.1. The van der Waals surface area contributed by atoms with Gasteiger partial charge in [0.1, 0.15) is 12.1 Å². The third-order valence-corrected chi connectivity index (χ3v) is 5.39. The summed E-state index contributed by atoms with van der Waals surface area (Å²) in [5, 5.41) is 11.2. The van der Waals surface area contributed by atoms with Crippen LogP contribution in [0.3, 0.4) is 0 Å². The SMILES string of the molecule is CC(C)(C)C(NC(=O)C(F)(F)F)C(=O)N1C[C@H]2[C@@H]([C@H]1C(=O)O)C2(C)C. The number of carbonyl (C=O) groups excluding carboxylic acids is 2. The first kappa shape index (κ1) is 19.5. The molecule has 0 spiro atoms. The molecule has 4 atom stereocenters. The van der Waals surface area contributed by atoms with Gasteiger partial charge in [0.2, 0.25) is 5.91 Å². The van der Waals surface area contributed by atoms with Crippen LogP contribution >= 0.6 is 0 Å². The van der Waals surface area contributed by atoms with Gasteiger partial charge in [-0.25, -0.2) is 4.79 Å². The van der Waals surface area contributed by atoms with E-state index in [1.807, 2.05) is 13.8 Å². The van der Waals surface area contributed by atoms with Crippen LogP contribution < -0.4 is 5.32 Å². The van der Waals surface area contributed by atoms with Crippen LogP contribution in [0.2, 0.25) is 0 Å². The average molecular weight is 364 g/mol. The molecule has 1 aliphatic heterocycles. The smallest absolute Gasteiger partial charge is 0.471 e. The Hall–Kier alpha value is -1.80. The van der Waals surface area contributed by atoms with Crippen molar-refractivity contribution in [2.45, 2.75) is 52.9 Å². The van der Waals surface area contributed by atoms with Gasteiger partial charge in [-0.15, -0.1) is 0 Å². The zero-order valence-electron chi connectivity index (χ0n) is 14.8. The van der Waals surface area contributed by atoms with Crippen molar-refractivity contribution in [2.24, 2.45) is 22.7 Å². The van der Waals surface area contributed by atoms with E-state index in [1.54, 1.807) is 5.32 Å². The van der Waals surface area contributed by atoms with Crippen LogP contribution in [0.4, 0.5) is 13.2 Å². The molecule has 2 aliphatic rings. The summed E-state index contributed by atoms with van der Waals surface area (Å²) in [4.78, 5) is 36.9. The maximum atomic E-state index is 12.8. The van der Waals surface area contributed by atoms with E-state index in [0.29, 0.717) is 0 Å². The third kappa shape index (κ3) is 3.32. The van der Waals surface area contributed by atoms with Crippen LogP contribution in [-0.4, -0.2) is 52.6 Å². The normalized spacial score (nSPS) is 29.0. The van der Waals surface area contributed by atoms with E-state index in [-0.39, 0.29) is 23.8 Å². The van der Waals surface area contributed by atoms with Crippen molar-refractivity contribution in [3.8, 4) is 0 Å². The molecular formula is C16H23F3N2O4. The van der Waals surface area contributed by atoms with Gasteiger partial charge in [0.15, 0.2) is 0 Å². The number of fused-ring (bicyclic) bond motifs is 1. The summed E-state index contributed by atoms with van der Waals surface area (Å²) in [5.74, 6) is -4.41. The summed E-state index contributed by atoms with van der Waals surface area (Å²) in [6.07, 6.45) is -5.12. The number of aliphatic carboxylic acids is 1. The van der Waals surface area contributed by atoms with Crippen molar-refractivity contribution in [1.82, 2.24) is 10.2 Å². The lowest BCUT2D eigenvalue weighted by Crippen LogP contribution is -2.59. The second kappa shape index (κ2) is 5.60. The Morgan fingerprint density at radius 2 is 1.72 bits per heavy atom. The fourth-order valence-electron chi connectivity index (χ4n) is 3.82. The predicted molar refractivity (Wildman–Crippen MR) is 81.3 cm³/mol. The first-order valence-corrected chi connectivity index (χ1v) is 8.01. The van der Waals surface area contributed by atoms with Crippen molar-refractivity contribution < 1.29 is 32.7 Å². The van der Waals surface area contributed by atoms with E-state index in [2.05, 4.69) is 0 Å². The highest BCUT2D eigenvalue weighted by atomic mass is 19.4. The molecule has 0 aromatic heterocycles. The summed E-state index contributed by atoms with van der Waals surface area (Å²) in [6.45, 7) is 8.54. The number of carboxylic acids is 1. The Morgan fingerprint density at radius 1 is 1.20 bits per heavy atom. The van der Waals surface area contributed by atoms with Crippen LogP contribution in [0.5, 0.6) is 0 Å². The Kier molecular flexibility index (Phi) is 4.38. The molecule has 1 heterocycles. The number of carbonyl (C=O) groups is 3. The number of rotatable bonds is 3. The number of amides is 2. The van der Waals surface area contributed by atoms with E-state index < -0.39 is 41.5 Å². The molecule has 25 heavy (non-hydrogen) atoms. The van der Waals surface area contributed by atoms with Gasteiger partial charge in [-0.2, -0.15) is 13.2 Å². The number of halogens is 3. The van der Waals surface area contributed by atoms with Crippen molar-refractivity contribution in [3.05, 3.63) is 0 Å². The molecule has 0 aromatic rings. The summed E-state index contributed by atoms with van der Waals surface area (Å²) in [6, 6.07) is -2.55. The molecular weight excluding hydrogens is 341 g/mol. The predicted octanol–water partition coefficient (Wildman–Crippen LogP) is 1.65. The van der Waals surface area contributed by atoms with Gasteiger partial charge >= 0.3 is 18.1 Å². The fourth-order valence-corrected chi connectivity index (χ4v) is 3.82. The quantitative estimate of drug-likeness (QED) is 0.797. The van der Waals surface area contributed by atoms with Crippen molar-refractivity contribution in [2.75, 3.05) is 6.54 Å². The van der Waals surface area contributed by atoms with Gasteiger partial charge in [-0.05, 0) is 16.7 Å². The maximum Gasteiger partial charge on any atom is 0.471 e. The first-order valence-electron chi connectivity index (χ1n) is 8.01. The van der Waals surface area contributed by atoms with Crippen LogP contribution in [0.15, 0.2) is 0 Å². The second-order valence-corrected chi connectivity index (χ2v) is 8.50. The number of hydrogen-bond donors (Lipinski definition) is 2. The molecule has 1 saturated carbocycles. The van der Waals surface area contributed by atoms with Gasteiger partial charge in [0.05, 0.1) is 0 Å². The Balaban J connectivity index is 2.26. The molecule has 1 aliphatic carbocycles. The molecule has 0 radical (unpaired) electrons. The maximum absolute atomic E-state index is 12.8. The van der Waals surface area contributed by atoms with Gasteiger partial charge in [0.25, 0.3) is 0 Å². The highest BCUT2D eigenvalue weighted by molar-refractivity contribution is 5.93. The number of likely N-dealkylation sites (tertiary alicyclic amines) is 1. The Morgan fingerprint density at radius 3 is 2.12 bits per heavy atom. The van der Waals surface area contributed by atoms with Crippen LogP contribution in [-0.2, 0) is 14.4 Å². The lowest BCUT2D eigenvalue weighted by atomic mass is 9.85. The molecule has 1 saturated heterocycles. The van der Waals surface area contributed by atoms with Crippen molar-refractivity contribution in [3.63, 3.8) is 0 Å². The number of hydrogen-bond acceptors (Lipinski definition) is 3. The number of alkyl halides is 3. The molecule has 2 amide bonds. The van der Waals surface area contributed by atoms with E-state index in [1.165, 1.54) is 20.8 Å². The monoisotopic (exact) mass is 364 g/mol.